The highest BCUT2D eigenvalue weighted by Crippen LogP contribution is 2.29. The van der Waals surface area contributed by atoms with Gasteiger partial charge in [0.25, 0.3) is 5.56 Å². The normalized spacial score (nSPS) is 12.1. The molecule has 0 radical (unpaired) electrons. The third kappa shape index (κ3) is 1.79. The molecule has 2 aromatic rings. The minimum atomic E-state index is -4.61. The average molecular weight is 242 g/mol. The summed E-state index contributed by atoms with van der Waals surface area (Å²) in [5.74, 6) is 0. The Morgan fingerprint density at radius 2 is 1.94 bits per heavy atom. The van der Waals surface area contributed by atoms with Crippen molar-refractivity contribution >= 4 is 5.65 Å². The fourth-order valence-electron chi connectivity index (χ4n) is 1.66. The van der Waals surface area contributed by atoms with E-state index in [2.05, 4.69) is 4.98 Å². The van der Waals surface area contributed by atoms with E-state index < -0.39 is 17.4 Å². The maximum absolute atomic E-state index is 12.7. The van der Waals surface area contributed by atoms with Crippen molar-refractivity contribution < 1.29 is 13.2 Å². The van der Waals surface area contributed by atoms with Gasteiger partial charge in [-0.3, -0.25) is 9.20 Å². The van der Waals surface area contributed by atoms with Crippen molar-refractivity contribution in [1.29, 1.82) is 0 Å². The van der Waals surface area contributed by atoms with E-state index in [0.717, 1.165) is 11.3 Å². The molecule has 0 aliphatic heterocycles. The number of hydrogen-bond acceptors (Lipinski definition) is 2. The number of rotatable bonds is 0. The van der Waals surface area contributed by atoms with E-state index in [1.165, 1.54) is 6.20 Å². The Kier molecular flexibility index (Phi) is 2.45. The second-order valence-electron chi connectivity index (χ2n) is 3.77. The molecule has 0 aliphatic rings. The van der Waals surface area contributed by atoms with Crippen molar-refractivity contribution in [3.05, 3.63) is 45.5 Å². The Bertz CT molecular complexity index is 643. The maximum Gasteiger partial charge on any atom is 0.433 e. The van der Waals surface area contributed by atoms with E-state index >= 15 is 0 Å². The summed E-state index contributed by atoms with van der Waals surface area (Å²) in [5.41, 5.74) is -1.63. The summed E-state index contributed by atoms with van der Waals surface area (Å²) in [6.07, 6.45) is -3.20. The summed E-state index contributed by atoms with van der Waals surface area (Å²) < 4.78 is 39.2. The van der Waals surface area contributed by atoms with E-state index in [1.807, 2.05) is 0 Å². The first-order valence-corrected chi connectivity index (χ1v) is 4.88. The van der Waals surface area contributed by atoms with Gasteiger partial charge in [0.15, 0.2) is 5.69 Å². The van der Waals surface area contributed by atoms with Gasteiger partial charge in [-0.05, 0) is 25.5 Å². The van der Waals surface area contributed by atoms with Gasteiger partial charge in [-0.2, -0.15) is 13.2 Å². The SMILES string of the molecule is Cc1c(C(F)(F)F)nc2c(C)cccn2c1=O. The van der Waals surface area contributed by atoms with Crippen LogP contribution in [0.4, 0.5) is 13.2 Å². The molecule has 0 aliphatic carbocycles. The summed E-state index contributed by atoms with van der Waals surface area (Å²) >= 11 is 0. The largest absolute Gasteiger partial charge is 0.433 e. The van der Waals surface area contributed by atoms with Crippen molar-refractivity contribution in [1.82, 2.24) is 9.38 Å². The Labute approximate surface area is 94.5 Å². The van der Waals surface area contributed by atoms with Crippen LogP contribution in [-0.2, 0) is 6.18 Å². The van der Waals surface area contributed by atoms with Crippen LogP contribution in [0, 0.1) is 13.8 Å². The van der Waals surface area contributed by atoms with E-state index in [0.29, 0.717) is 5.56 Å². The van der Waals surface area contributed by atoms with Crippen LogP contribution in [0.3, 0.4) is 0 Å². The highest BCUT2D eigenvalue weighted by atomic mass is 19.4. The summed E-state index contributed by atoms with van der Waals surface area (Å²) in [6, 6.07) is 3.20. The molecule has 0 spiro atoms. The first-order chi connectivity index (χ1) is 7.82. The summed E-state index contributed by atoms with van der Waals surface area (Å²) in [6.45, 7) is 2.74. The molecule has 2 rings (SSSR count). The second kappa shape index (κ2) is 3.58. The van der Waals surface area contributed by atoms with Crippen molar-refractivity contribution in [2.24, 2.45) is 0 Å². The van der Waals surface area contributed by atoms with E-state index in [9.17, 15) is 18.0 Å². The number of aryl methyl sites for hydroxylation is 1. The Balaban J connectivity index is 2.96. The molecule has 0 unspecified atom stereocenters. The van der Waals surface area contributed by atoms with Crippen molar-refractivity contribution in [2.45, 2.75) is 20.0 Å². The zero-order chi connectivity index (χ0) is 12.8. The molecule has 2 aromatic heterocycles. The molecule has 90 valence electrons. The lowest BCUT2D eigenvalue weighted by Gasteiger charge is -2.11. The summed E-state index contributed by atoms with van der Waals surface area (Å²) in [4.78, 5) is 15.3. The molecule has 0 aromatic carbocycles. The van der Waals surface area contributed by atoms with Crippen molar-refractivity contribution in [2.75, 3.05) is 0 Å². The molecule has 0 atom stereocenters. The van der Waals surface area contributed by atoms with Crippen LogP contribution in [0.15, 0.2) is 23.1 Å². The predicted octanol–water partition coefficient (Wildman–Crippen LogP) is 2.33. The Morgan fingerprint density at radius 3 is 2.53 bits per heavy atom. The van der Waals surface area contributed by atoms with Gasteiger partial charge in [0.1, 0.15) is 5.65 Å². The van der Waals surface area contributed by atoms with Crippen LogP contribution >= 0.6 is 0 Å². The average Bonchev–Trinajstić information content (AvgIpc) is 2.22. The first kappa shape index (κ1) is 11.6. The molecule has 0 bridgehead atoms. The van der Waals surface area contributed by atoms with Gasteiger partial charge in [-0.1, -0.05) is 6.07 Å². The predicted molar refractivity (Wildman–Crippen MR) is 55.9 cm³/mol. The third-order valence-electron chi connectivity index (χ3n) is 2.54. The highest BCUT2D eigenvalue weighted by molar-refractivity contribution is 5.48. The van der Waals surface area contributed by atoms with E-state index in [4.69, 9.17) is 0 Å². The fourth-order valence-corrected chi connectivity index (χ4v) is 1.66. The van der Waals surface area contributed by atoms with Crippen LogP contribution in [0.25, 0.3) is 5.65 Å². The molecule has 3 nitrogen and oxygen atoms in total. The molecule has 0 fully saturated rings. The summed E-state index contributed by atoms with van der Waals surface area (Å²) in [5, 5.41) is 0. The molecular weight excluding hydrogens is 233 g/mol. The Hall–Kier alpha value is -1.85. The van der Waals surface area contributed by atoms with Gasteiger partial charge < -0.3 is 0 Å². The number of halogens is 3. The number of fused-ring (bicyclic) bond motifs is 1. The van der Waals surface area contributed by atoms with Crippen LogP contribution in [-0.4, -0.2) is 9.38 Å². The lowest BCUT2D eigenvalue weighted by molar-refractivity contribution is -0.141. The fraction of sp³-hybridized carbons (Fsp3) is 0.273. The van der Waals surface area contributed by atoms with Crippen molar-refractivity contribution in [3.8, 4) is 0 Å². The molecule has 0 saturated carbocycles. The van der Waals surface area contributed by atoms with Crippen molar-refractivity contribution in [3.63, 3.8) is 0 Å². The minimum absolute atomic E-state index is 0.0374. The minimum Gasteiger partial charge on any atom is -0.269 e. The molecule has 0 amide bonds. The monoisotopic (exact) mass is 242 g/mol. The van der Waals surface area contributed by atoms with E-state index in [-0.39, 0.29) is 11.2 Å². The molecular formula is C11H9F3N2O. The lowest BCUT2D eigenvalue weighted by Crippen LogP contribution is -2.24. The highest BCUT2D eigenvalue weighted by Gasteiger charge is 2.36. The van der Waals surface area contributed by atoms with Crippen LogP contribution in [0.1, 0.15) is 16.8 Å². The lowest BCUT2D eigenvalue weighted by atomic mass is 10.2. The topological polar surface area (TPSA) is 34.4 Å². The number of nitrogens with zero attached hydrogens (tertiary/aromatic N) is 2. The van der Waals surface area contributed by atoms with Crippen LogP contribution in [0.5, 0.6) is 0 Å². The number of alkyl halides is 3. The molecule has 6 heteroatoms. The van der Waals surface area contributed by atoms with Gasteiger partial charge in [0, 0.05) is 11.8 Å². The smallest absolute Gasteiger partial charge is 0.269 e. The number of hydrogen-bond donors (Lipinski definition) is 0. The van der Waals surface area contributed by atoms with Gasteiger partial charge in [0.05, 0.1) is 0 Å². The first-order valence-electron chi connectivity index (χ1n) is 4.88. The molecule has 2 heterocycles. The zero-order valence-corrected chi connectivity index (χ0v) is 9.17. The summed E-state index contributed by atoms with van der Waals surface area (Å²) in [7, 11) is 0. The zero-order valence-electron chi connectivity index (χ0n) is 9.17. The molecule has 0 saturated heterocycles. The standard InChI is InChI=1S/C11H9F3N2O/c1-6-4-3-5-16-9(6)15-8(11(12,13)14)7(2)10(16)17/h3-5H,1-2H3. The molecule has 17 heavy (non-hydrogen) atoms. The van der Waals surface area contributed by atoms with Gasteiger partial charge in [-0.15, -0.1) is 0 Å². The van der Waals surface area contributed by atoms with E-state index in [1.54, 1.807) is 19.1 Å². The number of pyridine rings is 1. The number of aromatic nitrogens is 2. The third-order valence-corrected chi connectivity index (χ3v) is 2.54. The Morgan fingerprint density at radius 1 is 1.29 bits per heavy atom. The van der Waals surface area contributed by atoms with Gasteiger partial charge in [0.2, 0.25) is 0 Å². The van der Waals surface area contributed by atoms with Gasteiger partial charge >= 0.3 is 6.18 Å². The van der Waals surface area contributed by atoms with Gasteiger partial charge in [-0.25, -0.2) is 4.98 Å². The quantitative estimate of drug-likeness (QED) is 0.710. The van der Waals surface area contributed by atoms with Crippen LogP contribution < -0.4 is 5.56 Å². The van der Waals surface area contributed by atoms with Crippen LogP contribution in [0.2, 0.25) is 0 Å². The second-order valence-corrected chi connectivity index (χ2v) is 3.77. The molecule has 0 N–H and O–H groups in total. The maximum atomic E-state index is 12.7.